The number of piperidine rings is 1. The largest absolute Gasteiger partial charge is 0.396 e. The number of aromatic nitrogens is 2. The van der Waals surface area contributed by atoms with Crippen LogP contribution in [0.4, 0.5) is 0 Å². The molecular formula is C15H26N4O3S. The van der Waals surface area contributed by atoms with Crippen LogP contribution in [0.5, 0.6) is 0 Å². The third-order valence-corrected chi connectivity index (χ3v) is 6.78. The van der Waals surface area contributed by atoms with E-state index in [2.05, 4.69) is 15.1 Å². The lowest BCUT2D eigenvalue weighted by Gasteiger charge is -2.43. The SMILES string of the molecule is Cc1n[nH]c(C)c1CN1CC[C@H]2CN(S(C)(=O)=O)C[C@@]2(CO)C1. The van der Waals surface area contributed by atoms with E-state index in [1.54, 1.807) is 0 Å². The predicted molar refractivity (Wildman–Crippen MR) is 87.4 cm³/mol. The molecule has 0 radical (unpaired) electrons. The first-order valence-electron chi connectivity index (χ1n) is 8.04. The number of likely N-dealkylation sites (tertiary alicyclic amines) is 1. The number of aromatic amines is 1. The first-order valence-corrected chi connectivity index (χ1v) is 9.89. The van der Waals surface area contributed by atoms with Gasteiger partial charge in [0.25, 0.3) is 0 Å². The lowest BCUT2D eigenvalue weighted by Crippen LogP contribution is -2.50. The fraction of sp³-hybridized carbons (Fsp3) is 0.800. The molecule has 3 heterocycles. The van der Waals surface area contributed by atoms with Gasteiger partial charge in [-0.3, -0.25) is 10.00 Å². The van der Waals surface area contributed by atoms with Gasteiger partial charge in [-0.05, 0) is 32.7 Å². The Labute approximate surface area is 137 Å². The Hall–Kier alpha value is -0.960. The number of aryl methyl sites for hydroxylation is 2. The van der Waals surface area contributed by atoms with E-state index in [-0.39, 0.29) is 17.9 Å². The molecule has 0 bridgehead atoms. The Morgan fingerprint density at radius 2 is 2.13 bits per heavy atom. The number of nitrogens with one attached hydrogen (secondary N) is 1. The molecule has 2 aliphatic rings. The van der Waals surface area contributed by atoms with E-state index in [0.717, 1.165) is 37.4 Å². The summed E-state index contributed by atoms with van der Waals surface area (Å²) in [6, 6.07) is 0. The van der Waals surface area contributed by atoms with Crippen molar-refractivity contribution in [1.29, 1.82) is 0 Å². The molecule has 0 unspecified atom stereocenters. The van der Waals surface area contributed by atoms with Crippen LogP contribution in [0.1, 0.15) is 23.4 Å². The van der Waals surface area contributed by atoms with Crippen molar-refractivity contribution >= 4 is 10.0 Å². The van der Waals surface area contributed by atoms with Gasteiger partial charge in [0.1, 0.15) is 0 Å². The molecule has 0 aromatic carbocycles. The van der Waals surface area contributed by atoms with E-state index < -0.39 is 10.0 Å². The number of hydrogen-bond acceptors (Lipinski definition) is 5. The molecule has 130 valence electrons. The molecule has 2 fully saturated rings. The van der Waals surface area contributed by atoms with Crippen LogP contribution in [-0.4, -0.2) is 72.0 Å². The fourth-order valence-corrected chi connectivity index (χ4v) is 5.01. The number of hydrogen-bond donors (Lipinski definition) is 2. The predicted octanol–water partition coefficient (Wildman–Crippen LogP) is 0.102. The van der Waals surface area contributed by atoms with Crippen LogP contribution >= 0.6 is 0 Å². The maximum atomic E-state index is 11.9. The molecule has 0 spiro atoms. The van der Waals surface area contributed by atoms with Gasteiger partial charge in [0.2, 0.25) is 10.0 Å². The Morgan fingerprint density at radius 1 is 1.39 bits per heavy atom. The van der Waals surface area contributed by atoms with Gasteiger partial charge < -0.3 is 5.11 Å². The zero-order valence-corrected chi connectivity index (χ0v) is 14.9. The second-order valence-electron chi connectivity index (χ2n) is 7.18. The highest BCUT2D eigenvalue weighted by molar-refractivity contribution is 7.88. The van der Waals surface area contributed by atoms with Crippen molar-refractivity contribution < 1.29 is 13.5 Å². The van der Waals surface area contributed by atoms with Gasteiger partial charge in [-0.25, -0.2) is 12.7 Å². The molecule has 8 heteroatoms. The number of fused-ring (bicyclic) bond motifs is 1. The summed E-state index contributed by atoms with van der Waals surface area (Å²) in [5.41, 5.74) is 2.94. The van der Waals surface area contributed by atoms with Gasteiger partial charge in [0, 0.05) is 42.9 Å². The van der Waals surface area contributed by atoms with E-state index in [0.29, 0.717) is 13.1 Å². The monoisotopic (exact) mass is 342 g/mol. The summed E-state index contributed by atoms with van der Waals surface area (Å²) in [6.45, 7) is 7.45. The maximum Gasteiger partial charge on any atom is 0.211 e. The third kappa shape index (κ3) is 3.05. The Balaban J connectivity index is 1.77. The van der Waals surface area contributed by atoms with E-state index in [4.69, 9.17) is 0 Å². The molecule has 2 saturated heterocycles. The molecular weight excluding hydrogens is 316 g/mol. The molecule has 2 aliphatic heterocycles. The fourth-order valence-electron chi connectivity index (χ4n) is 4.07. The van der Waals surface area contributed by atoms with Crippen molar-refractivity contribution in [2.45, 2.75) is 26.8 Å². The number of nitrogens with zero attached hydrogens (tertiary/aromatic N) is 3. The smallest absolute Gasteiger partial charge is 0.211 e. The maximum absolute atomic E-state index is 11.9. The minimum atomic E-state index is -3.20. The average Bonchev–Trinajstić information content (AvgIpc) is 3.02. The zero-order valence-electron chi connectivity index (χ0n) is 14.0. The minimum absolute atomic E-state index is 0.0313. The number of rotatable bonds is 4. The van der Waals surface area contributed by atoms with Crippen LogP contribution in [0.2, 0.25) is 0 Å². The van der Waals surface area contributed by atoms with Gasteiger partial charge in [0.15, 0.2) is 0 Å². The van der Waals surface area contributed by atoms with Crippen molar-refractivity contribution in [3.8, 4) is 0 Å². The van der Waals surface area contributed by atoms with Gasteiger partial charge in [-0.1, -0.05) is 0 Å². The summed E-state index contributed by atoms with van der Waals surface area (Å²) in [5.74, 6) is 0.241. The summed E-state index contributed by atoms with van der Waals surface area (Å²) >= 11 is 0. The number of H-pyrrole nitrogens is 1. The second-order valence-corrected chi connectivity index (χ2v) is 9.17. The summed E-state index contributed by atoms with van der Waals surface area (Å²) in [4.78, 5) is 2.32. The van der Waals surface area contributed by atoms with Crippen molar-refractivity contribution in [1.82, 2.24) is 19.4 Å². The van der Waals surface area contributed by atoms with Crippen LogP contribution < -0.4 is 0 Å². The van der Waals surface area contributed by atoms with Crippen LogP contribution in [0.3, 0.4) is 0 Å². The van der Waals surface area contributed by atoms with Crippen LogP contribution in [0, 0.1) is 25.2 Å². The Bertz CT molecular complexity index is 667. The molecule has 1 aromatic heterocycles. The van der Waals surface area contributed by atoms with Crippen molar-refractivity contribution in [2.24, 2.45) is 11.3 Å². The minimum Gasteiger partial charge on any atom is -0.396 e. The quantitative estimate of drug-likeness (QED) is 0.810. The molecule has 2 atom stereocenters. The van der Waals surface area contributed by atoms with Gasteiger partial charge >= 0.3 is 0 Å². The lowest BCUT2D eigenvalue weighted by atomic mass is 9.74. The Morgan fingerprint density at radius 3 is 2.70 bits per heavy atom. The summed E-state index contributed by atoms with van der Waals surface area (Å²) < 4.78 is 25.3. The average molecular weight is 342 g/mol. The molecule has 23 heavy (non-hydrogen) atoms. The normalized spacial score (nSPS) is 29.8. The summed E-state index contributed by atoms with van der Waals surface area (Å²) in [6.07, 6.45) is 2.17. The van der Waals surface area contributed by atoms with Gasteiger partial charge in [0.05, 0.1) is 18.6 Å². The number of sulfonamides is 1. The van der Waals surface area contributed by atoms with Gasteiger partial charge in [-0.2, -0.15) is 5.10 Å². The van der Waals surface area contributed by atoms with E-state index >= 15 is 0 Å². The molecule has 2 N–H and O–H groups in total. The summed E-state index contributed by atoms with van der Waals surface area (Å²) in [7, 11) is -3.20. The molecule has 1 aromatic rings. The lowest BCUT2D eigenvalue weighted by molar-refractivity contribution is 0.00871. The second kappa shape index (κ2) is 5.84. The van der Waals surface area contributed by atoms with Crippen LogP contribution in [-0.2, 0) is 16.6 Å². The highest BCUT2D eigenvalue weighted by atomic mass is 32.2. The molecule has 0 saturated carbocycles. The first kappa shape index (κ1) is 16.9. The number of aliphatic hydroxyl groups is 1. The molecule has 7 nitrogen and oxygen atoms in total. The Kier molecular flexibility index (Phi) is 4.29. The van der Waals surface area contributed by atoms with Gasteiger partial charge in [-0.15, -0.1) is 0 Å². The summed E-state index contributed by atoms with van der Waals surface area (Å²) in [5, 5.41) is 17.3. The van der Waals surface area contributed by atoms with E-state index in [1.807, 2.05) is 13.8 Å². The van der Waals surface area contributed by atoms with Crippen LogP contribution in [0.15, 0.2) is 0 Å². The standard InChI is InChI=1S/C15H26N4O3S/c1-11-14(12(2)17-16-11)7-18-5-4-13-6-19(23(3,21)22)9-15(13,8-18)10-20/h13,20H,4-10H2,1-3H3,(H,16,17)/t13-,15+/m0/s1. The number of aliphatic hydroxyl groups excluding tert-OH is 1. The molecule has 3 rings (SSSR count). The van der Waals surface area contributed by atoms with E-state index in [9.17, 15) is 13.5 Å². The topological polar surface area (TPSA) is 89.5 Å². The van der Waals surface area contributed by atoms with Crippen molar-refractivity contribution in [3.63, 3.8) is 0 Å². The zero-order chi connectivity index (χ0) is 16.8. The molecule has 0 aliphatic carbocycles. The molecule has 0 amide bonds. The van der Waals surface area contributed by atoms with E-state index in [1.165, 1.54) is 16.1 Å². The first-order chi connectivity index (χ1) is 10.7. The highest BCUT2D eigenvalue weighted by Crippen LogP contribution is 2.43. The van der Waals surface area contributed by atoms with Crippen molar-refractivity contribution in [2.75, 3.05) is 39.0 Å². The highest BCUT2D eigenvalue weighted by Gasteiger charge is 2.51. The van der Waals surface area contributed by atoms with Crippen molar-refractivity contribution in [3.05, 3.63) is 17.0 Å². The third-order valence-electron chi connectivity index (χ3n) is 5.56. The van der Waals surface area contributed by atoms with Crippen LogP contribution in [0.25, 0.3) is 0 Å².